The average molecular weight is 414 g/mol. The van der Waals surface area contributed by atoms with Crippen molar-refractivity contribution in [3.63, 3.8) is 0 Å². The first kappa shape index (κ1) is 14.3. The van der Waals surface area contributed by atoms with Gasteiger partial charge in [-0.2, -0.15) is 0 Å². The molecule has 0 bridgehead atoms. The summed E-state index contributed by atoms with van der Waals surface area (Å²) in [5, 5.41) is 4.65. The van der Waals surface area contributed by atoms with Gasteiger partial charge in [0.2, 0.25) is 0 Å². The van der Waals surface area contributed by atoms with Crippen LogP contribution in [0, 0.1) is 2.88 Å². The minimum absolute atomic E-state index is 0.157. The van der Waals surface area contributed by atoms with E-state index in [2.05, 4.69) is 27.9 Å². The van der Waals surface area contributed by atoms with E-state index in [0.717, 1.165) is 8.57 Å². The number of anilines is 2. The molecule has 7 heteroatoms. The summed E-state index contributed by atoms with van der Waals surface area (Å²) >= 11 is 3.70. The Labute approximate surface area is 139 Å². The van der Waals surface area contributed by atoms with E-state index in [1.165, 1.54) is 11.3 Å². The first-order valence-electron chi connectivity index (χ1n) is 6.23. The molecule has 1 aromatic heterocycles. The molecule has 2 heterocycles. The average Bonchev–Trinajstić information content (AvgIpc) is 3.08. The van der Waals surface area contributed by atoms with Crippen molar-refractivity contribution in [2.75, 3.05) is 23.4 Å². The maximum absolute atomic E-state index is 12.1. The van der Waals surface area contributed by atoms with Crippen molar-refractivity contribution in [2.45, 2.75) is 0 Å². The first-order valence-corrected chi connectivity index (χ1v) is 8.19. The molecule has 0 aliphatic carbocycles. The normalized spacial score (nSPS) is 14.1. The van der Waals surface area contributed by atoms with Crippen molar-refractivity contribution < 1.29 is 14.3 Å². The number of hydrogen-bond donors (Lipinski definition) is 1. The molecule has 1 saturated heterocycles. The van der Waals surface area contributed by atoms with Gasteiger partial charge in [-0.15, -0.1) is 11.3 Å². The molecule has 1 aliphatic heterocycles. The van der Waals surface area contributed by atoms with Crippen LogP contribution in [0.1, 0.15) is 10.4 Å². The largest absolute Gasteiger partial charge is 0.447 e. The molecule has 3 rings (SSSR count). The topological polar surface area (TPSA) is 58.6 Å². The summed E-state index contributed by atoms with van der Waals surface area (Å²) < 4.78 is 5.97. The second-order valence-electron chi connectivity index (χ2n) is 4.41. The maximum Gasteiger partial charge on any atom is 0.414 e. The fourth-order valence-corrected chi connectivity index (χ4v) is 3.34. The molecule has 0 unspecified atom stereocenters. The number of nitrogens with zero attached hydrogens (tertiary/aromatic N) is 1. The van der Waals surface area contributed by atoms with Crippen LogP contribution in [-0.2, 0) is 4.74 Å². The van der Waals surface area contributed by atoms with Gasteiger partial charge in [0.15, 0.2) is 0 Å². The van der Waals surface area contributed by atoms with Crippen LogP contribution in [0.5, 0.6) is 0 Å². The van der Waals surface area contributed by atoms with Crippen LogP contribution in [0.15, 0.2) is 35.7 Å². The van der Waals surface area contributed by atoms with E-state index in [4.69, 9.17) is 4.74 Å². The number of thiophene rings is 1. The number of carbonyl (C=O) groups is 2. The Bertz CT molecular complexity index is 701. The molecule has 5 nitrogen and oxygen atoms in total. The predicted octanol–water partition coefficient (Wildman–Crippen LogP) is 3.56. The number of carbonyl (C=O) groups excluding carboxylic acids is 2. The molecular formula is C14H11IN2O3S. The zero-order valence-electron chi connectivity index (χ0n) is 10.8. The van der Waals surface area contributed by atoms with E-state index in [0.29, 0.717) is 24.4 Å². The van der Waals surface area contributed by atoms with Crippen LogP contribution in [0.3, 0.4) is 0 Å². The number of nitrogens with one attached hydrogen (secondary N) is 1. The molecule has 1 aromatic carbocycles. The summed E-state index contributed by atoms with van der Waals surface area (Å²) in [4.78, 5) is 25.2. The number of ether oxygens (including phenoxy) is 1. The van der Waals surface area contributed by atoms with Gasteiger partial charge in [0.25, 0.3) is 5.91 Å². The van der Waals surface area contributed by atoms with Crippen molar-refractivity contribution in [1.82, 2.24) is 0 Å². The lowest BCUT2D eigenvalue weighted by atomic mass is 10.2. The van der Waals surface area contributed by atoms with E-state index in [-0.39, 0.29) is 12.0 Å². The van der Waals surface area contributed by atoms with Gasteiger partial charge in [-0.05, 0) is 46.9 Å². The summed E-state index contributed by atoms with van der Waals surface area (Å²) in [7, 11) is 0. The van der Waals surface area contributed by atoms with Crippen molar-refractivity contribution in [3.8, 4) is 0 Å². The second-order valence-corrected chi connectivity index (χ2v) is 7.22. The van der Waals surface area contributed by atoms with Gasteiger partial charge < -0.3 is 10.1 Å². The Balaban J connectivity index is 1.77. The van der Waals surface area contributed by atoms with E-state index >= 15 is 0 Å². The summed E-state index contributed by atoms with van der Waals surface area (Å²) in [5.41, 5.74) is 2.00. The molecule has 1 aliphatic rings. The van der Waals surface area contributed by atoms with Crippen LogP contribution in [0.25, 0.3) is 0 Å². The number of halogens is 1. The quantitative estimate of drug-likeness (QED) is 0.782. The highest BCUT2D eigenvalue weighted by atomic mass is 127. The van der Waals surface area contributed by atoms with Crippen molar-refractivity contribution >= 4 is 57.3 Å². The Hall–Kier alpha value is -1.61. The zero-order valence-corrected chi connectivity index (χ0v) is 13.8. The van der Waals surface area contributed by atoms with Gasteiger partial charge in [-0.25, -0.2) is 4.79 Å². The van der Waals surface area contributed by atoms with Crippen LogP contribution >= 0.6 is 33.9 Å². The smallest absolute Gasteiger partial charge is 0.414 e. The van der Waals surface area contributed by atoms with Crippen molar-refractivity contribution in [3.05, 3.63) is 44.2 Å². The Morgan fingerprint density at radius 3 is 2.90 bits per heavy atom. The number of rotatable bonds is 3. The van der Waals surface area contributed by atoms with Crippen LogP contribution in [0.2, 0.25) is 0 Å². The molecule has 1 N–H and O–H groups in total. The summed E-state index contributed by atoms with van der Waals surface area (Å²) in [6.07, 6.45) is -0.356. The highest BCUT2D eigenvalue weighted by Gasteiger charge is 2.23. The van der Waals surface area contributed by atoms with Gasteiger partial charge in [-0.1, -0.05) is 6.07 Å². The van der Waals surface area contributed by atoms with E-state index in [1.54, 1.807) is 23.1 Å². The van der Waals surface area contributed by atoms with Gasteiger partial charge in [0.1, 0.15) is 6.61 Å². The molecular weight excluding hydrogens is 403 g/mol. The van der Waals surface area contributed by atoms with E-state index < -0.39 is 0 Å². The van der Waals surface area contributed by atoms with Crippen LogP contribution < -0.4 is 10.2 Å². The highest BCUT2D eigenvalue weighted by Crippen LogP contribution is 2.23. The summed E-state index contributed by atoms with van der Waals surface area (Å²) in [6.45, 7) is 0.918. The predicted molar refractivity (Wildman–Crippen MR) is 90.1 cm³/mol. The Kier molecular flexibility index (Phi) is 4.11. The fraction of sp³-hybridized carbons (Fsp3) is 0.143. The maximum atomic E-state index is 12.1. The number of hydrogen-bond acceptors (Lipinski definition) is 4. The van der Waals surface area contributed by atoms with E-state index in [9.17, 15) is 9.59 Å². The Morgan fingerprint density at radius 1 is 1.38 bits per heavy atom. The molecule has 1 fully saturated rings. The minimum atomic E-state index is -0.356. The molecule has 2 amide bonds. The molecule has 0 atom stereocenters. The number of amides is 2. The number of benzene rings is 1. The number of cyclic esters (lactones) is 1. The molecule has 0 radical (unpaired) electrons. The van der Waals surface area contributed by atoms with Gasteiger partial charge in [0.05, 0.1) is 15.0 Å². The van der Waals surface area contributed by atoms with Gasteiger partial charge in [-0.3, -0.25) is 9.69 Å². The van der Waals surface area contributed by atoms with Crippen molar-refractivity contribution in [2.24, 2.45) is 0 Å². The molecule has 108 valence electrons. The minimum Gasteiger partial charge on any atom is -0.447 e. The molecule has 2 aromatic rings. The lowest BCUT2D eigenvalue weighted by Crippen LogP contribution is -2.23. The van der Waals surface area contributed by atoms with Gasteiger partial charge >= 0.3 is 6.09 Å². The third kappa shape index (κ3) is 3.18. The second kappa shape index (κ2) is 6.02. The molecule has 0 saturated carbocycles. The molecule has 21 heavy (non-hydrogen) atoms. The van der Waals surface area contributed by atoms with Crippen molar-refractivity contribution in [1.29, 1.82) is 0 Å². The highest BCUT2D eigenvalue weighted by molar-refractivity contribution is 14.1. The van der Waals surface area contributed by atoms with Gasteiger partial charge in [0, 0.05) is 16.8 Å². The zero-order chi connectivity index (χ0) is 14.8. The lowest BCUT2D eigenvalue weighted by Gasteiger charge is -2.14. The fourth-order valence-electron chi connectivity index (χ4n) is 2.01. The SMILES string of the molecule is O=C(Nc1cccc(N2CCOC2=O)c1)c1csc(I)c1. The van der Waals surface area contributed by atoms with E-state index in [1.807, 2.05) is 17.5 Å². The standard InChI is InChI=1S/C14H11IN2O3S/c15-12-6-9(8-21-12)13(18)16-10-2-1-3-11(7-10)17-4-5-20-14(17)19/h1-3,6-8H,4-5H2,(H,16,18). The van der Waals surface area contributed by atoms with Crippen LogP contribution in [0.4, 0.5) is 16.2 Å². The monoisotopic (exact) mass is 414 g/mol. The Morgan fingerprint density at radius 2 is 2.24 bits per heavy atom. The first-order chi connectivity index (χ1) is 10.1. The lowest BCUT2D eigenvalue weighted by molar-refractivity contribution is 0.102. The third-order valence-electron chi connectivity index (χ3n) is 3.01. The molecule has 0 spiro atoms. The summed E-state index contributed by atoms with van der Waals surface area (Å²) in [5.74, 6) is -0.157. The summed E-state index contributed by atoms with van der Waals surface area (Å²) in [6, 6.07) is 9.01. The third-order valence-corrected chi connectivity index (χ3v) is 4.80. The van der Waals surface area contributed by atoms with Crippen LogP contribution in [-0.4, -0.2) is 25.2 Å².